The van der Waals surface area contributed by atoms with Crippen LogP contribution in [0, 0.1) is 70.6 Å². The first-order valence-electron chi connectivity index (χ1n) is 3.67. The van der Waals surface area contributed by atoms with Crippen LogP contribution in [0.15, 0.2) is 0 Å². The molecule has 2 aliphatic rings. The first kappa shape index (κ1) is 12.5. The summed E-state index contributed by atoms with van der Waals surface area (Å²) in [6, 6.07) is 0. The van der Waals surface area contributed by atoms with Gasteiger partial charge in [0.05, 0.1) is 0 Å². The fourth-order valence-electron chi connectivity index (χ4n) is 0.706. The van der Waals surface area contributed by atoms with Gasteiger partial charge in [0.15, 0.2) is 0 Å². The van der Waals surface area contributed by atoms with Gasteiger partial charge in [-0.05, 0) is 70.6 Å². The second kappa shape index (κ2) is 9.61. The van der Waals surface area contributed by atoms with Crippen molar-refractivity contribution >= 4 is 0 Å². The molecule has 0 aliphatic heterocycles. The maximum absolute atomic E-state index is 2.00. The first-order chi connectivity index (χ1) is 5.50. The minimum atomic E-state index is 0. The summed E-state index contributed by atoms with van der Waals surface area (Å²) in [5, 5.41) is 0. The molecular weight excluding hydrogens is 187 g/mol. The third-order valence-electron chi connectivity index (χ3n) is 1.22. The van der Waals surface area contributed by atoms with Crippen LogP contribution in [0.4, 0.5) is 0 Å². The van der Waals surface area contributed by atoms with Crippen LogP contribution in [-0.2, 0) is 17.1 Å². The van der Waals surface area contributed by atoms with E-state index in [1.807, 2.05) is 70.6 Å². The monoisotopic (exact) mass is 198 g/mol. The maximum atomic E-state index is 2.00. The summed E-state index contributed by atoms with van der Waals surface area (Å²) in [7, 11) is 0. The van der Waals surface area contributed by atoms with Gasteiger partial charge in [0.1, 0.15) is 0 Å². The second-order valence-electron chi connectivity index (χ2n) is 2.12. The molecule has 0 spiro atoms. The largest absolute Gasteiger partial charge is 0.0312 e. The van der Waals surface area contributed by atoms with Crippen molar-refractivity contribution in [2.24, 2.45) is 0 Å². The number of hydrogen-bond acceptors (Lipinski definition) is 0. The smallest absolute Gasteiger partial charge is 0 e. The zero-order chi connectivity index (χ0) is 7.78. The Hall–Kier alpha value is 0.519. The second-order valence-corrected chi connectivity index (χ2v) is 2.12. The molecule has 0 aromatic carbocycles. The van der Waals surface area contributed by atoms with E-state index in [9.17, 15) is 0 Å². The Bertz CT molecular complexity index is 54.0. The molecular formula is C11H11Mn. The Morgan fingerprint density at radius 2 is 0.333 bits per heavy atom. The van der Waals surface area contributed by atoms with Crippen LogP contribution in [0.25, 0.3) is 0 Å². The SMILES string of the molecule is [CH]1[CH][CH][CH][CH]1.[CH]1[CH][CH][CH][CH][CH]1.[Mn]. The van der Waals surface area contributed by atoms with Crippen LogP contribution in [0.2, 0.25) is 0 Å². The Kier molecular flexibility index (Phi) is 10.0. The summed E-state index contributed by atoms with van der Waals surface area (Å²) in [6.45, 7) is 0. The van der Waals surface area contributed by atoms with Crippen molar-refractivity contribution in [2.75, 3.05) is 0 Å². The van der Waals surface area contributed by atoms with Crippen molar-refractivity contribution in [2.45, 2.75) is 0 Å². The molecule has 0 saturated heterocycles. The molecule has 0 amide bonds. The van der Waals surface area contributed by atoms with E-state index in [0.717, 1.165) is 0 Å². The van der Waals surface area contributed by atoms with Gasteiger partial charge in [0.25, 0.3) is 0 Å². The molecule has 62 valence electrons. The Morgan fingerprint density at radius 3 is 0.417 bits per heavy atom. The molecule has 0 N–H and O–H groups in total. The number of rotatable bonds is 0. The van der Waals surface area contributed by atoms with Crippen LogP contribution in [0.1, 0.15) is 0 Å². The molecule has 2 saturated carbocycles. The summed E-state index contributed by atoms with van der Waals surface area (Å²) < 4.78 is 0. The van der Waals surface area contributed by atoms with Crippen molar-refractivity contribution in [3.8, 4) is 0 Å². The van der Waals surface area contributed by atoms with Gasteiger partial charge in [-0.15, -0.1) is 0 Å². The van der Waals surface area contributed by atoms with Crippen LogP contribution >= 0.6 is 0 Å². The molecule has 0 aromatic heterocycles. The molecule has 2 fully saturated rings. The van der Waals surface area contributed by atoms with Gasteiger partial charge in [0, 0.05) is 17.1 Å². The third kappa shape index (κ3) is 7.18. The van der Waals surface area contributed by atoms with Gasteiger partial charge in [-0.25, -0.2) is 0 Å². The molecule has 0 atom stereocenters. The van der Waals surface area contributed by atoms with Crippen molar-refractivity contribution < 1.29 is 17.1 Å². The first-order valence-corrected chi connectivity index (χ1v) is 3.67. The molecule has 0 unspecified atom stereocenters. The predicted octanol–water partition coefficient (Wildman–Crippen LogP) is 2.24. The molecule has 0 heterocycles. The van der Waals surface area contributed by atoms with E-state index < -0.39 is 0 Å². The van der Waals surface area contributed by atoms with Gasteiger partial charge >= 0.3 is 0 Å². The average Bonchev–Trinajstić information content (AvgIpc) is 2.64. The van der Waals surface area contributed by atoms with Gasteiger partial charge < -0.3 is 0 Å². The van der Waals surface area contributed by atoms with E-state index >= 15 is 0 Å². The van der Waals surface area contributed by atoms with Gasteiger partial charge in [0.2, 0.25) is 0 Å². The van der Waals surface area contributed by atoms with Crippen molar-refractivity contribution in [3.63, 3.8) is 0 Å². The van der Waals surface area contributed by atoms with Gasteiger partial charge in [-0.2, -0.15) is 0 Å². The van der Waals surface area contributed by atoms with Crippen LogP contribution in [0.3, 0.4) is 0 Å². The topological polar surface area (TPSA) is 0 Å². The quantitative estimate of drug-likeness (QED) is 0.523. The zero-order valence-electron chi connectivity index (χ0n) is 6.73. The minimum Gasteiger partial charge on any atom is -0.0312 e. The summed E-state index contributed by atoms with van der Waals surface area (Å²) in [5.41, 5.74) is 0. The maximum Gasteiger partial charge on any atom is 0 e. The minimum absolute atomic E-state index is 0. The average molecular weight is 198 g/mol. The zero-order valence-corrected chi connectivity index (χ0v) is 7.91. The summed E-state index contributed by atoms with van der Waals surface area (Å²) in [4.78, 5) is 0. The van der Waals surface area contributed by atoms with Crippen molar-refractivity contribution in [1.29, 1.82) is 0 Å². The molecule has 12 radical (unpaired) electrons. The fourth-order valence-corrected chi connectivity index (χ4v) is 0.706. The summed E-state index contributed by atoms with van der Waals surface area (Å²) in [6.07, 6.45) is 22.0. The Labute approximate surface area is 88.0 Å². The van der Waals surface area contributed by atoms with Gasteiger partial charge in [-0.1, -0.05) is 0 Å². The third-order valence-corrected chi connectivity index (χ3v) is 1.22. The van der Waals surface area contributed by atoms with E-state index in [2.05, 4.69) is 0 Å². The van der Waals surface area contributed by atoms with Crippen LogP contribution < -0.4 is 0 Å². The van der Waals surface area contributed by atoms with E-state index in [-0.39, 0.29) is 17.1 Å². The van der Waals surface area contributed by atoms with E-state index in [0.29, 0.717) is 0 Å². The summed E-state index contributed by atoms with van der Waals surface area (Å²) >= 11 is 0. The molecule has 2 rings (SSSR count). The predicted molar refractivity (Wildman–Crippen MR) is 47.3 cm³/mol. The van der Waals surface area contributed by atoms with E-state index in [1.54, 1.807) is 0 Å². The van der Waals surface area contributed by atoms with Crippen molar-refractivity contribution in [1.82, 2.24) is 0 Å². The Morgan fingerprint density at radius 1 is 0.250 bits per heavy atom. The molecule has 0 aromatic rings. The van der Waals surface area contributed by atoms with Crippen LogP contribution in [-0.4, -0.2) is 0 Å². The number of hydrogen-bond donors (Lipinski definition) is 0. The van der Waals surface area contributed by atoms with E-state index in [1.165, 1.54) is 0 Å². The van der Waals surface area contributed by atoms with Gasteiger partial charge in [-0.3, -0.25) is 0 Å². The van der Waals surface area contributed by atoms with Crippen molar-refractivity contribution in [3.05, 3.63) is 70.6 Å². The standard InChI is InChI=1S/C6H6.C5H5.Mn/c1-2-4-6-5-3-1;1-2-4-5-3-1;/h1-6H;1-5H;. The molecule has 0 nitrogen and oxygen atoms in total. The van der Waals surface area contributed by atoms with Crippen LogP contribution in [0.5, 0.6) is 0 Å². The summed E-state index contributed by atoms with van der Waals surface area (Å²) in [5.74, 6) is 0. The van der Waals surface area contributed by atoms with E-state index in [4.69, 9.17) is 0 Å². The molecule has 0 bridgehead atoms. The Balaban J connectivity index is 0.000000189. The molecule has 12 heavy (non-hydrogen) atoms. The normalized spacial score (nSPS) is 22.0. The molecule has 2 aliphatic carbocycles. The molecule has 1 heteroatoms. The fraction of sp³-hybridized carbons (Fsp3) is 0.